The van der Waals surface area contributed by atoms with E-state index in [-0.39, 0.29) is 5.91 Å². The molecule has 1 amide bonds. The zero-order valence-electron chi connectivity index (χ0n) is 10.9. The first kappa shape index (κ1) is 12.0. The third-order valence-electron chi connectivity index (χ3n) is 3.74. The Morgan fingerprint density at radius 1 is 1.26 bits per heavy atom. The maximum Gasteiger partial charge on any atom is 0.244 e. The van der Waals surface area contributed by atoms with Crippen LogP contribution in [0.15, 0.2) is 36.5 Å². The van der Waals surface area contributed by atoms with Crippen molar-refractivity contribution >= 4 is 22.9 Å². The fourth-order valence-corrected chi connectivity index (χ4v) is 2.72. The summed E-state index contributed by atoms with van der Waals surface area (Å²) in [4.78, 5) is 15.0. The van der Waals surface area contributed by atoms with Gasteiger partial charge in [-0.1, -0.05) is 31.0 Å². The summed E-state index contributed by atoms with van der Waals surface area (Å²) in [5.41, 5.74) is 2.15. The first-order valence-corrected chi connectivity index (χ1v) is 6.87. The number of carbonyl (C=O) groups is 1. The number of nitrogens with one attached hydrogen (secondary N) is 2. The molecule has 1 fully saturated rings. The van der Waals surface area contributed by atoms with Crippen LogP contribution < -0.4 is 5.32 Å². The lowest BCUT2D eigenvalue weighted by Crippen LogP contribution is -2.30. The van der Waals surface area contributed by atoms with Crippen LogP contribution in [0.4, 0.5) is 0 Å². The highest BCUT2D eigenvalue weighted by atomic mass is 16.1. The van der Waals surface area contributed by atoms with Gasteiger partial charge >= 0.3 is 0 Å². The van der Waals surface area contributed by atoms with Crippen molar-refractivity contribution in [2.45, 2.75) is 31.7 Å². The largest absolute Gasteiger partial charge is 0.361 e. The standard InChI is InChI=1S/C16H18N2O/c19-16(18-13-5-1-2-6-13)10-9-12-11-17-15-8-4-3-7-14(12)15/h3-4,7-11,13,17H,1-2,5-6H2,(H,18,19). The van der Waals surface area contributed by atoms with E-state index in [0.29, 0.717) is 6.04 Å². The summed E-state index contributed by atoms with van der Waals surface area (Å²) >= 11 is 0. The molecule has 98 valence electrons. The Morgan fingerprint density at radius 3 is 2.89 bits per heavy atom. The van der Waals surface area contributed by atoms with Crippen LogP contribution in [-0.4, -0.2) is 16.9 Å². The zero-order chi connectivity index (χ0) is 13.1. The lowest BCUT2D eigenvalue weighted by Gasteiger charge is -2.08. The van der Waals surface area contributed by atoms with Crippen LogP contribution in [0, 0.1) is 0 Å². The van der Waals surface area contributed by atoms with E-state index in [0.717, 1.165) is 29.3 Å². The second-order valence-electron chi connectivity index (χ2n) is 5.11. The normalized spacial score (nSPS) is 16.4. The molecule has 0 aliphatic heterocycles. The molecule has 19 heavy (non-hydrogen) atoms. The molecule has 0 atom stereocenters. The molecule has 1 aliphatic carbocycles. The van der Waals surface area contributed by atoms with E-state index in [1.807, 2.05) is 30.5 Å². The number of benzene rings is 1. The summed E-state index contributed by atoms with van der Waals surface area (Å²) in [6.45, 7) is 0. The van der Waals surface area contributed by atoms with E-state index < -0.39 is 0 Å². The fraction of sp³-hybridized carbons (Fsp3) is 0.312. The lowest BCUT2D eigenvalue weighted by molar-refractivity contribution is -0.117. The van der Waals surface area contributed by atoms with Gasteiger partial charge < -0.3 is 10.3 Å². The van der Waals surface area contributed by atoms with Crippen molar-refractivity contribution in [1.29, 1.82) is 0 Å². The van der Waals surface area contributed by atoms with Gasteiger partial charge in [0.15, 0.2) is 0 Å². The summed E-state index contributed by atoms with van der Waals surface area (Å²) in [7, 11) is 0. The number of carbonyl (C=O) groups excluding carboxylic acids is 1. The highest BCUT2D eigenvalue weighted by molar-refractivity contribution is 5.96. The maximum atomic E-state index is 11.8. The minimum atomic E-state index is 0.0113. The molecule has 0 unspecified atom stereocenters. The zero-order valence-corrected chi connectivity index (χ0v) is 10.9. The summed E-state index contributed by atoms with van der Waals surface area (Å²) in [5, 5.41) is 4.20. The average Bonchev–Trinajstić information content (AvgIpc) is 3.05. The van der Waals surface area contributed by atoms with Gasteiger partial charge in [0.25, 0.3) is 0 Å². The van der Waals surface area contributed by atoms with E-state index in [2.05, 4.69) is 16.4 Å². The Kier molecular flexibility index (Phi) is 3.36. The van der Waals surface area contributed by atoms with Gasteiger partial charge in [-0.25, -0.2) is 0 Å². The van der Waals surface area contributed by atoms with E-state index in [9.17, 15) is 4.79 Å². The van der Waals surface area contributed by atoms with Gasteiger partial charge in [0.2, 0.25) is 5.91 Å². The monoisotopic (exact) mass is 254 g/mol. The van der Waals surface area contributed by atoms with Gasteiger partial charge in [0.1, 0.15) is 0 Å². The van der Waals surface area contributed by atoms with Crippen molar-refractivity contribution in [1.82, 2.24) is 10.3 Å². The summed E-state index contributed by atoms with van der Waals surface area (Å²) in [5.74, 6) is 0.0113. The molecule has 2 aromatic rings. The van der Waals surface area contributed by atoms with E-state index in [1.54, 1.807) is 6.08 Å². The Hall–Kier alpha value is -2.03. The Morgan fingerprint density at radius 2 is 2.05 bits per heavy atom. The molecule has 0 spiro atoms. The number of hydrogen-bond acceptors (Lipinski definition) is 1. The molecule has 3 heteroatoms. The number of aromatic amines is 1. The molecule has 0 radical (unpaired) electrons. The third-order valence-corrected chi connectivity index (χ3v) is 3.74. The predicted octanol–water partition coefficient (Wildman–Crippen LogP) is 3.24. The highest BCUT2D eigenvalue weighted by Crippen LogP contribution is 2.19. The van der Waals surface area contributed by atoms with Gasteiger partial charge in [-0.05, 0) is 30.5 Å². The van der Waals surface area contributed by atoms with E-state index in [4.69, 9.17) is 0 Å². The van der Waals surface area contributed by atoms with Crippen molar-refractivity contribution in [3.8, 4) is 0 Å². The molecule has 1 aromatic heterocycles. The smallest absolute Gasteiger partial charge is 0.244 e. The van der Waals surface area contributed by atoms with Crippen molar-refractivity contribution in [2.24, 2.45) is 0 Å². The van der Waals surface area contributed by atoms with Crippen LogP contribution >= 0.6 is 0 Å². The minimum Gasteiger partial charge on any atom is -0.361 e. The number of para-hydroxylation sites is 1. The van der Waals surface area contributed by atoms with Crippen LogP contribution in [0.2, 0.25) is 0 Å². The summed E-state index contributed by atoms with van der Waals surface area (Å²) < 4.78 is 0. The summed E-state index contributed by atoms with van der Waals surface area (Å²) in [6.07, 6.45) is 10.1. The Balaban J connectivity index is 1.69. The number of amides is 1. The average molecular weight is 254 g/mol. The van der Waals surface area contributed by atoms with Crippen molar-refractivity contribution in [2.75, 3.05) is 0 Å². The van der Waals surface area contributed by atoms with Gasteiger partial charge in [-0.3, -0.25) is 4.79 Å². The number of aromatic nitrogens is 1. The molecule has 1 aliphatic rings. The fourth-order valence-electron chi connectivity index (χ4n) is 2.72. The molecule has 1 heterocycles. The number of hydrogen-bond donors (Lipinski definition) is 2. The van der Waals surface area contributed by atoms with Crippen LogP contribution in [0.5, 0.6) is 0 Å². The molecular formula is C16H18N2O. The van der Waals surface area contributed by atoms with E-state index >= 15 is 0 Å². The van der Waals surface area contributed by atoms with Gasteiger partial charge in [-0.2, -0.15) is 0 Å². The first-order valence-electron chi connectivity index (χ1n) is 6.87. The van der Waals surface area contributed by atoms with Crippen molar-refractivity contribution in [3.63, 3.8) is 0 Å². The molecule has 3 nitrogen and oxygen atoms in total. The molecule has 0 bridgehead atoms. The Labute approximate surface area is 112 Å². The SMILES string of the molecule is O=C(C=Cc1c[nH]c2ccccc12)NC1CCCC1. The minimum absolute atomic E-state index is 0.0113. The summed E-state index contributed by atoms with van der Waals surface area (Å²) in [6, 6.07) is 8.47. The quantitative estimate of drug-likeness (QED) is 0.811. The van der Waals surface area contributed by atoms with E-state index in [1.165, 1.54) is 12.8 Å². The molecule has 1 saturated carbocycles. The van der Waals surface area contributed by atoms with Gasteiger partial charge in [0.05, 0.1) is 0 Å². The number of fused-ring (bicyclic) bond motifs is 1. The first-order chi connectivity index (χ1) is 9.33. The van der Waals surface area contributed by atoms with Crippen molar-refractivity contribution < 1.29 is 4.79 Å². The van der Waals surface area contributed by atoms with Crippen molar-refractivity contribution in [3.05, 3.63) is 42.1 Å². The second-order valence-corrected chi connectivity index (χ2v) is 5.11. The lowest BCUT2D eigenvalue weighted by atomic mass is 10.1. The molecular weight excluding hydrogens is 236 g/mol. The topological polar surface area (TPSA) is 44.9 Å². The molecule has 2 N–H and O–H groups in total. The second kappa shape index (κ2) is 5.31. The maximum absolute atomic E-state index is 11.8. The molecule has 3 rings (SSSR count). The Bertz CT molecular complexity index is 606. The van der Waals surface area contributed by atoms with Crippen LogP contribution in [0.3, 0.4) is 0 Å². The number of rotatable bonds is 3. The van der Waals surface area contributed by atoms with Crippen LogP contribution in [0.25, 0.3) is 17.0 Å². The van der Waals surface area contributed by atoms with Gasteiger partial charge in [-0.15, -0.1) is 0 Å². The third kappa shape index (κ3) is 2.70. The van der Waals surface area contributed by atoms with Crippen LogP contribution in [0.1, 0.15) is 31.2 Å². The predicted molar refractivity (Wildman–Crippen MR) is 77.7 cm³/mol. The molecule has 0 saturated heterocycles. The van der Waals surface area contributed by atoms with Crippen LogP contribution in [-0.2, 0) is 4.79 Å². The van der Waals surface area contributed by atoms with Gasteiger partial charge in [0, 0.05) is 29.2 Å². The number of H-pyrrole nitrogens is 1. The highest BCUT2D eigenvalue weighted by Gasteiger charge is 2.15. The molecule has 1 aromatic carbocycles.